The number of benzene rings is 1. The lowest BCUT2D eigenvalue weighted by Crippen LogP contribution is -2.10. The Kier molecular flexibility index (Phi) is 3.15. The van der Waals surface area contributed by atoms with Gasteiger partial charge in [-0.05, 0) is 23.6 Å². The van der Waals surface area contributed by atoms with E-state index in [9.17, 15) is 4.79 Å². The number of para-hydroxylation sites is 1. The first kappa shape index (κ1) is 9.93. The van der Waals surface area contributed by atoms with Crippen molar-refractivity contribution in [2.45, 2.75) is 0 Å². The van der Waals surface area contributed by atoms with Gasteiger partial charge in [-0.1, -0.05) is 18.2 Å². The molecule has 0 aliphatic carbocycles. The average molecular weight is 218 g/mol. The standard InChI is InChI=1S/C12H10O2S/c13-12(10-6-7-15-9-10)8-14-11-4-2-1-3-5-11/h1-7,9H,8H2. The lowest BCUT2D eigenvalue weighted by Gasteiger charge is -2.03. The van der Waals surface area contributed by atoms with Crippen molar-refractivity contribution in [1.82, 2.24) is 0 Å². The molecule has 1 aromatic carbocycles. The minimum Gasteiger partial charge on any atom is -0.485 e. The molecule has 0 radical (unpaired) electrons. The molecule has 0 spiro atoms. The number of Topliss-reactive ketones (excluding diaryl/α,β-unsaturated/α-hetero) is 1. The molecule has 76 valence electrons. The van der Waals surface area contributed by atoms with E-state index in [1.807, 2.05) is 41.1 Å². The summed E-state index contributed by atoms with van der Waals surface area (Å²) in [5.41, 5.74) is 0.718. The number of hydrogen-bond donors (Lipinski definition) is 0. The number of carbonyl (C=O) groups is 1. The number of ketones is 1. The maximum absolute atomic E-state index is 11.6. The molecule has 2 rings (SSSR count). The molecule has 0 atom stereocenters. The Labute approximate surface area is 92.1 Å². The summed E-state index contributed by atoms with van der Waals surface area (Å²) in [6.07, 6.45) is 0. The smallest absolute Gasteiger partial charge is 0.201 e. The van der Waals surface area contributed by atoms with Crippen LogP contribution in [0.3, 0.4) is 0 Å². The number of ether oxygens (including phenoxy) is 1. The first-order valence-electron chi connectivity index (χ1n) is 4.59. The zero-order valence-corrected chi connectivity index (χ0v) is 8.87. The summed E-state index contributed by atoms with van der Waals surface area (Å²) in [5, 5.41) is 3.71. The van der Waals surface area contributed by atoms with Crippen LogP contribution in [0.2, 0.25) is 0 Å². The number of thiophene rings is 1. The van der Waals surface area contributed by atoms with E-state index in [2.05, 4.69) is 0 Å². The lowest BCUT2D eigenvalue weighted by atomic mass is 10.2. The third-order valence-electron chi connectivity index (χ3n) is 1.96. The molecule has 0 saturated carbocycles. The van der Waals surface area contributed by atoms with Gasteiger partial charge in [-0.2, -0.15) is 11.3 Å². The Hall–Kier alpha value is -1.61. The van der Waals surface area contributed by atoms with Gasteiger partial charge in [-0.3, -0.25) is 4.79 Å². The van der Waals surface area contributed by atoms with Crippen LogP contribution in [0.25, 0.3) is 0 Å². The van der Waals surface area contributed by atoms with E-state index in [0.29, 0.717) is 0 Å². The van der Waals surface area contributed by atoms with Gasteiger partial charge in [0.25, 0.3) is 0 Å². The molecule has 0 bridgehead atoms. The Morgan fingerprint density at radius 2 is 2.00 bits per heavy atom. The number of rotatable bonds is 4. The van der Waals surface area contributed by atoms with Gasteiger partial charge in [0.15, 0.2) is 6.61 Å². The Morgan fingerprint density at radius 1 is 1.20 bits per heavy atom. The van der Waals surface area contributed by atoms with Crippen LogP contribution in [0.5, 0.6) is 5.75 Å². The number of hydrogen-bond acceptors (Lipinski definition) is 3. The van der Waals surface area contributed by atoms with Gasteiger partial charge in [-0.15, -0.1) is 0 Å². The quantitative estimate of drug-likeness (QED) is 0.737. The number of carbonyl (C=O) groups excluding carboxylic acids is 1. The summed E-state index contributed by atoms with van der Waals surface area (Å²) in [5.74, 6) is 0.737. The van der Waals surface area contributed by atoms with Gasteiger partial charge >= 0.3 is 0 Å². The van der Waals surface area contributed by atoms with Crippen LogP contribution >= 0.6 is 11.3 Å². The van der Waals surface area contributed by atoms with Crippen LogP contribution in [0, 0.1) is 0 Å². The third kappa shape index (κ3) is 2.67. The van der Waals surface area contributed by atoms with Crippen molar-refractivity contribution in [2.24, 2.45) is 0 Å². The van der Waals surface area contributed by atoms with Crippen molar-refractivity contribution >= 4 is 17.1 Å². The first-order chi connectivity index (χ1) is 7.36. The minimum atomic E-state index is 0.0140. The van der Waals surface area contributed by atoms with E-state index >= 15 is 0 Å². The zero-order valence-electron chi connectivity index (χ0n) is 8.05. The van der Waals surface area contributed by atoms with Crippen molar-refractivity contribution in [1.29, 1.82) is 0 Å². The highest BCUT2D eigenvalue weighted by Crippen LogP contribution is 2.11. The molecule has 1 heterocycles. The summed E-state index contributed by atoms with van der Waals surface area (Å²) < 4.78 is 5.35. The molecule has 2 nitrogen and oxygen atoms in total. The molecule has 1 aromatic heterocycles. The van der Waals surface area contributed by atoms with Gasteiger partial charge in [0.05, 0.1) is 0 Å². The van der Waals surface area contributed by atoms with Gasteiger partial charge in [0.2, 0.25) is 5.78 Å². The maximum atomic E-state index is 11.6. The van der Waals surface area contributed by atoms with E-state index in [0.717, 1.165) is 11.3 Å². The van der Waals surface area contributed by atoms with Gasteiger partial charge < -0.3 is 4.74 Å². The maximum Gasteiger partial charge on any atom is 0.201 e. The highest BCUT2D eigenvalue weighted by atomic mass is 32.1. The molecule has 3 heteroatoms. The predicted octanol–water partition coefficient (Wildman–Crippen LogP) is 3.01. The average Bonchev–Trinajstić information content (AvgIpc) is 2.81. The van der Waals surface area contributed by atoms with Gasteiger partial charge in [0.1, 0.15) is 5.75 Å². The van der Waals surface area contributed by atoms with Crippen molar-refractivity contribution in [2.75, 3.05) is 6.61 Å². The largest absolute Gasteiger partial charge is 0.485 e. The van der Waals surface area contributed by atoms with E-state index < -0.39 is 0 Å². The normalized spacial score (nSPS) is 9.87. The van der Waals surface area contributed by atoms with E-state index in [4.69, 9.17) is 4.74 Å². The predicted molar refractivity (Wildman–Crippen MR) is 60.6 cm³/mol. The summed E-state index contributed by atoms with van der Waals surface area (Å²) in [7, 11) is 0. The zero-order chi connectivity index (χ0) is 10.5. The van der Waals surface area contributed by atoms with Gasteiger partial charge in [0, 0.05) is 10.9 Å². The van der Waals surface area contributed by atoms with Crippen molar-refractivity contribution in [3.63, 3.8) is 0 Å². The van der Waals surface area contributed by atoms with Crippen LogP contribution in [-0.4, -0.2) is 12.4 Å². The molecule has 0 aliphatic rings. The van der Waals surface area contributed by atoms with Crippen LogP contribution in [0.4, 0.5) is 0 Å². The van der Waals surface area contributed by atoms with Crippen molar-refractivity contribution < 1.29 is 9.53 Å². The van der Waals surface area contributed by atoms with E-state index in [-0.39, 0.29) is 12.4 Å². The summed E-state index contributed by atoms with van der Waals surface area (Å²) in [6.45, 7) is 0.0980. The van der Waals surface area contributed by atoms with Crippen LogP contribution in [0.15, 0.2) is 47.2 Å². The fraction of sp³-hybridized carbons (Fsp3) is 0.0833. The highest BCUT2D eigenvalue weighted by Gasteiger charge is 2.06. The van der Waals surface area contributed by atoms with E-state index in [1.54, 1.807) is 6.07 Å². The van der Waals surface area contributed by atoms with Crippen LogP contribution < -0.4 is 4.74 Å². The monoisotopic (exact) mass is 218 g/mol. The fourth-order valence-electron chi connectivity index (χ4n) is 1.17. The second-order valence-electron chi connectivity index (χ2n) is 3.04. The van der Waals surface area contributed by atoms with Crippen molar-refractivity contribution in [3.05, 3.63) is 52.7 Å². The second-order valence-corrected chi connectivity index (χ2v) is 3.82. The van der Waals surface area contributed by atoms with Gasteiger partial charge in [-0.25, -0.2) is 0 Å². The lowest BCUT2D eigenvalue weighted by molar-refractivity contribution is 0.0922. The molecule has 0 amide bonds. The summed E-state index contributed by atoms with van der Waals surface area (Å²) in [6, 6.07) is 11.1. The molecule has 0 unspecified atom stereocenters. The van der Waals surface area contributed by atoms with Crippen molar-refractivity contribution in [3.8, 4) is 5.75 Å². The second kappa shape index (κ2) is 4.75. The molecule has 0 fully saturated rings. The first-order valence-corrected chi connectivity index (χ1v) is 5.54. The third-order valence-corrected chi connectivity index (χ3v) is 2.64. The Balaban J connectivity index is 1.92. The van der Waals surface area contributed by atoms with Crippen LogP contribution in [0.1, 0.15) is 10.4 Å². The summed E-state index contributed by atoms with van der Waals surface area (Å²) in [4.78, 5) is 11.6. The topological polar surface area (TPSA) is 26.3 Å². The summed E-state index contributed by atoms with van der Waals surface area (Å²) >= 11 is 1.51. The van der Waals surface area contributed by atoms with E-state index in [1.165, 1.54) is 11.3 Å². The highest BCUT2D eigenvalue weighted by molar-refractivity contribution is 7.08. The molecular weight excluding hydrogens is 208 g/mol. The Morgan fingerprint density at radius 3 is 2.67 bits per heavy atom. The Bertz CT molecular complexity index is 420. The molecule has 2 aromatic rings. The molecular formula is C12H10O2S. The molecule has 0 saturated heterocycles. The van der Waals surface area contributed by atoms with Crippen LogP contribution in [-0.2, 0) is 0 Å². The molecule has 0 aliphatic heterocycles. The molecule has 0 N–H and O–H groups in total. The molecule has 15 heavy (non-hydrogen) atoms. The SMILES string of the molecule is O=C(COc1ccccc1)c1ccsc1. The minimum absolute atomic E-state index is 0.0140. The fourth-order valence-corrected chi connectivity index (χ4v) is 1.83.